The van der Waals surface area contributed by atoms with Crippen LogP contribution < -0.4 is 15.2 Å². The van der Waals surface area contributed by atoms with Gasteiger partial charge in [0.2, 0.25) is 11.8 Å². The topological polar surface area (TPSA) is 86.9 Å². The quantitative estimate of drug-likeness (QED) is 0.909. The van der Waals surface area contributed by atoms with E-state index < -0.39 is 5.60 Å². The number of hydrogen-bond acceptors (Lipinski definition) is 6. The SMILES string of the molecule is COc1ccc(N)c(OC[C@H]2C[C@@H]3C[C@@H]3N2C(=O)OC(C)(C)C)n1. The van der Waals surface area contributed by atoms with Gasteiger partial charge in [0.05, 0.1) is 18.8 Å². The summed E-state index contributed by atoms with van der Waals surface area (Å²) in [7, 11) is 1.54. The Morgan fingerprint density at radius 2 is 2.12 bits per heavy atom. The van der Waals surface area contributed by atoms with Crippen LogP contribution in [0.2, 0.25) is 0 Å². The normalized spacial score (nSPS) is 25.2. The van der Waals surface area contributed by atoms with Gasteiger partial charge in [-0.1, -0.05) is 0 Å². The summed E-state index contributed by atoms with van der Waals surface area (Å²) in [6.45, 7) is 5.96. The van der Waals surface area contributed by atoms with E-state index in [1.54, 1.807) is 12.1 Å². The Kier molecular flexibility index (Phi) is 4.19. The number of nitrogens with zero attached hydrogens (tertiary/aromatic N) is 2. The number of nitrogen functional groups attached to an aromatic ring is 1. The van der Waals surface area contributed by atoms with Gasteiger partial charge < -0.3 is 19.9 Å². The zero-order valence-electron chi connectivity index (χ0n) is 14.6. The van der Waals surface area contributed by atoms with Crippen molar-refractivity contribution >= 4 is 11.8 Å². The number of ether oxygens (including phenoxy) is 3. The van der Waals surface area contributed by atoms with Crippen LogP contribution in [0.25, 0.3) is 0 Å². The molecule has 3 atom stereocenters. The van der Waals surface area contributed by atoms with Gasteiger partial charge >= 0.3 is 6.09 Å². The molecule has 24 heavy (non-hydrogen) atoms. The zero-order chi connectivity index (χ0) is 17.5. The summed E-state index contributed by atoms with van der Waals surface area (Å²) in [4.78, 5) is 18.5. The van der Waals surface area contributed by atoms with Crippen molar-refractivity contribution in [3.05, 3.63) is 12.1 Å². The monoisotopic (exact) mass is 335 g/mol. The number of carbonyl (C=O) groups is 1. The van der Waals surface area contributed by atoms with Crippen molar-refractivity contribution in [1.82, 2.24) is 9.88 Å². The van der Waals surface area contributed by atoms with Gasteiger partial charge in [0, 0.05) is 12.1 Å². The minimum atomic E-state index is -0.506. The lowest BCUT2D eigenvalue weighted by Gasteiger charge is -2.30. The molecule has 132 valence electrons. The highest BCUT2D eigenvalue weighted by Gasteiger charge is 2.55. The third-order valence-electron chi connectivity index (χ3n) is 4.30. The highest BCUT2D eigenvalue weighted by molar-refractivity contribution is 5.70. The molecule has 1 aliphatic carbocycles. The summed E-state index contributed by atoms with van der Waals surface area (Å²) < 4.78 is 16.4. The Morgan fingerprint density at radius 1 is 1.38 bits per heavy atom. The Hall–Kier alpha value is -2.18. The van der Waals surface area contributed by atoms with Crippen molar-refractivity contribution in [2.75, 3.05) is 19.5 Å². The fraction of sp³-hybridized carbons (Fsp3) is 0.647. The Bertz CT molecular complexity index is 629. The van der Waals surface area contributed by atoms with Crippen LogP contribution in [0.15, 0.2) is 12.1 Å². The number of anilines is 1. The summed E-state index contributed by atoms with van der Waals surface area (Å²) in [5, 5.41) is 0. The third kappa shape index (κ3) is 3.49. The molecule has 3 rings (SSSR count). The van der Waals surface area contributed by atoms with Crippen molar-refractivity contribution < 1.29 is 19.0 Å². The van der Waals surface area contributed by atoms with Gasteiger partial charge in [-0.15, -0.1) is 0 Å². The predicted octanol–water partition coefficient (Wildman–Crippen LogP) is 2.45. The molecular weight excluding hydrogens is 310 g/mol. The molecule has 0 radical (unpaired) electrons. The fourth-order valence-electron chi connectivity index (χ4n) is 3.15. The molecule has 1 amide bonds. The fourth-order valence-corrected chi connectivity index (χ4v) is 3.15. The van der Waals surface area contributed by atoms with E-state index in [1.165, 1.54) is 7.11 Å². The predicted molar refractivity (Wildman–Crippen MR) is 89.1 cm³/mol. The molecule has 0 spiro atoms. The number of aromatic nitrogens is 1. The van der Waals surface area contributed by atoms with E-state index >= 15 is 0 Å². The van der Waals surface area contributed by atoms with Crippen LogP contribution in [0.3, 0.4) is 0 Å². The second-order valence-electron chi connectivity index (χ2n) is 7.40. The first kappa shape index (κ1) is 16.7. The molecule has 1 aromatic rings. The van der Waals surface area contributed by atoms with E-state index in [0.29, 0.717) is 30.0 Å². The Morgan fingerprint density at radius 3 is 2.79 bits per heavy atom. The van der Waals surface area contributed by atoms with Crippen LogP contribution in [0, 0.1) is 5.92 Å². The maximum absolute atomic E-state index is 12.5. The Balaban J connectivity index is 1.65. The standard InChI is InChI=1S/C17H25N3O4/c1-17(2,3)24-16(21)20-11(7-10-8-13(10)20)9-23-15-12(18)5-6-14(19-15)22-4/h5-6,10-11,13H,7-9,18H2,1-4H3/t10-,11-,13+/m1/s1. The lowest BCUT2D eigenvalue weighted by molar-refractivity contribution is 0.0137. The number of amides is 1. The van der Waals surface area contributed by atoms with Crippen molar-refractivity contribution in [2.45, 2.75) is 51.3 Å². The smallest absolute Gasteiger partial charge is 0.410 e. The van der Waals surface area contributed by atoms with E-state index in [9.17, 15) is 4.79 Å². The first-order valence-corrected chi connectivity index (χ1v) is 8.23. The molecule has 0 bridgehead atoms. The van der Waals surface area contributed by atoms with Crippen LogP contribution in [0.1, 0.15) is 33.6 Å². The number of rotatable bonds is 4. The average molecular weight is 335 g/mol. The first-order chi connectivity index (χ1) is 11.3. The minimum Gasteiger partial charge on any atom is -0.481 e. The van der Waals surface area contributed by atoms with E-state index in [0.717, 1.165) is 12.8 Å². The molecule has 0 aromatic carbocycles. The van der Waals surface area contributed by atoms with Crippen LogP contribution in [-0.4, -0.2) is 47.4 Å². The molecule has 2 aliphatic rings. The lowest BCUT2D eigenvalue weighted by Crippen LogP contribution is -2.44. The molecule has 2 N–H and O–H groups in total. The molecule has 7 heteroatoms. The van der Waals surface area contributed by atoms with Gasteiger partial charge in [-0.05, 0) is 45.6 Å². The Labute approximate surface area is 142 Å². The van der Waals surface area contributed by atoms with Crippen molar-refractivity contribution in [2.24, 2.45) is 5.92 Å². The van der Waals surface area contributed by atoms with E-state index in [-0.39, 0.29) is 18.2 Å². The first-order valence-electron chi connectivity index (χ1n) is 8.23. The van der Waals surface area contributed by atoms with Crippen LogP contribution in [-0.2, 0) is 4.74 Å². The van der Waals surface area contributed by atoms with Crippen LogP contribution in [0.5, 0.6) is 11.8 Å². The molecule has 1 aromatic heterocycles. The molecule has 1 saturated heterocycles. The van der Waals surface area contributed by atoms with Gasteiger partial charge in [0.15, 0.2) is 0 Å². The number of nitrogens with two attached hydrogens (primary N) is 1. The average Bonchev–Trinajstić information content (AvgIpc) is 3.15. The largest absolute Gasteiger partial charge is 0.481 e. The molecule has 2 fully saturated rings. The van der Waals surface area contributed by atoms with Gasteiger partial charge in [0.1, 0.15) is 12.2 Å². The molecule has 1 saturated carbocycles. The van der Waals surface area contributed by atoms with Gasteiger partial charge in [-0.3, -0.25) is 4.90 Å². The maximum atomic E-state index is 12.5. The van der Waals surface area contributed by atoms with Crippen molar-refractivity contribution in [1.29, 1.82) is 0 Å². The van der Waals surface area contributed by atoms with Gasteiger partial charge in [-0.25, -0.2) is 4.79 Å². The maximum Gasteiger partial charge on any atom is 0.410 e. The van der Waals surface area contributed by atoms with Gasteiger partial charge in [0.25, 0.3) is 0 Å². The molecule has 0 unspecified atom stereocenters. The highest BCUT2D eigenvalue weighted by atomic mass is 16.6. The lowest BCUT2D eigenvalue weighted by atomic mass is 10.2. The molecule has 1 aliphatic heterocycles. The van der Waals surface area contributed by atoms with E-state index in [2.05, 4.69) is 4.98 Å². The van der Waals surface area contributed by atoms with Crippen LogP contribution >= 0.6 is 0 Å². The third-order valence-corrected chi connectivity index (χ3v) is 4.30. The number of methoxy groups -OCH3 is 1. The second kappa shape index (κ2) is 6.03. The number of fused-ring (bicyclic) bond motifs is 1. The molecule has 2 heterocycles. The van der Waals surface area contributed by atoms with Crippen molar-refractivity contribution in [3.63, 3.8) is 0 Å². The summed E-state index contributed by atoms with van der Waals surface area (Å²) in [6.07, 6.45) is 1.70. The molecular formula is C17H25N3O4. The molecule has 7 nitrogen and oxygen atoms in total. The van der Waals surface area contributed by atoms with Gasteiger partial charge in [-0.2, -0.15) is 4.98 Å². The summed E-state index contributed by atoms with van der Waals surface area (Å²) in [5.41, 5.74) is 5.84. The zero-order valence-corrected chi connectivity index (χ0v) is 14.6. The van der Waals surface area contributed by atoms with Crippen LogP contribution in [0.4, 0.5) is 10.5 Å². The summed E-state index contributed by atoms with van der Waals surface area (Å²) in [6, 6.07) is 3.64. The summed E-state index contributed by atoms with van der Waals surface area (Å²) >= 11 is 0. The highest BCUT2D eigenvalue weighted by Crippen LogP contribution is 2.48. The number of likely N-dealkylation sites (tertiary alicyclic amines) is 1. The number of carbonyl (C=O) groups excluding carboxylic acids is 1. The minimum absolute atomic E-state index is 0.0176. The van der Waals surface area contributed by atoms with E-state index in [4.69, 9.17) is 19.9 Å². The second-order valence-corrected chi connectivity index (χ2v) is 7.40. The number of piperidine rings is 1. The summed E-state index contributed by atoms with van der Waals surface area (Å²) in [5.74, 6) is 1.33. The van der Waals surface area contributed by atoms with E-state index in [1.807, 2.05) is 25.7 Å². The van der Waals surface area contributed by atoms with Crippen molar-refractivity contribution in [3.8, 4) is 11.8 Å². The number of pyridine rings is 1. The number of hydrogen-bond donors (Lipinski definition) is 1.